The van der Waals surface area contributed by atoms with Gasteiger partial charge in [-0.2, -0.15) is 0 Å². The standard InChI is InChI=1S/C26H30N2O5/c1-27(2)19-10-11-28(16-19)21-9-8-17(22-7-6-12-33-22)13-20(21)25(29)18-14-23(30-3)26(32-5)24(15-18)31-4/h6-9,12-15,19H,10-11,16H2,1-5H3/t19-/m1/s1. The number of furan rings is 1. The van der Waals surface area contributed by atoms with Crippen LogP contribution >= 0.6 is 0 Å². The molecule has 3 aromatic rings. The zero-order chi connectivity index (χ0) is 23.5. The van der Waals surface area contributed by atoms with Crippen LogP contribution in [0.25, 0.3) is 11.3 Å². The van der Waals surface area contributed by atoms with E-state index in [1.807, 2.05) is 30.3 Å². The van der Waals surface area contributed by atoms with E-state index in [4.69, 9.17) is 18.6 Å². The van der Waals surface area contributed by atoms with Gasteiger partial charge in [0, 0.05) is 41.5 Å². The van der Waals surface area contributed by atoms with Gasteiger partial charge in [0.15, 0.2) is 17.3 Å². The zero-order valence-corrected chi connectivity index (χ0v) is 19.8. The fourth-order valence-electron chi connectivity index (χ4n) is 4.34. The highest BCUT2D eigenvalue weighted by Gasteiger charge is 2.28. The Morgan fingerprint density at radius 1 is 1.03 bits per heavy atom. The van der Waals surface area contributed by atoms with Crippen LogP contribution in [0.2, 0.25) is 0 Å². The number of anilines is 1. The average molecular weight is 451 g/mol. The van der Waals surface area contributed by atoms with Crippen LogP contribution in [0, 0.1) is 0 Å². The number of hydrogen-bond donors (Lipinski definition) is 0. The molecule has 0 N–H and O–H groups in total. The van der Waals surface area contributed by atoms with Gasteiger partial charge >= 0.3 is 0 Å². The first-order chi connectivity index (χ1) is 16.0. The third-order valence-electron chi connectivity index (χ3n) is 6.21. The molecule has 1 aliphatic heterocycles. The number of likely N-dealkylation sites (N-methyl/N-ethyl adjacent to an activating group) is 1. The van der Waals surface area contributed by atoms with Crippen LogP contribution in [-0.4, -0.2) is 65.2 Å². The normalized spacial score (nSPS) is 15.7. The number of carbonyl (C=O) groups is 1. The number of carbonyl (C=O) groups excluding carboxylic acids is 1. The monoisotopic (exact) mass is 450 g/mol. The van der Waals surface area contributed by atoms with Gasteiger partial charge in [-0.15, -0.1) is 0 Å². The van der Waals surface area contributed by atoms with Gasteiger partial charge in [0.2, 0.25) is 5.75 Å². The summed E-state index contributed by atoms with van der Waals surface area (Å²) in [6.45, 7) is 1.75. The quantitative estimate of drug-likeness (QED) is 0.473. The zero-order valence-electron chi connectivity index (χ0n) is 19.8. The van der Waals surface area contributed by atoms with Crippen molar-refractivity contribution in [1.82, 2.24) is 4.90 Å². The maximum Gasteiger partial charge on any atom is 0.203 e. The average Bonchev–Trinajstić information content (AvgIpc) is 3.55. The Morgan fingerprint density at radius 3 is 2.30 bits per heavy atom. The molecule has 7 heteroatoms. The first-order valence-corrected chi connectivity index (χ1v) is 10.9. The van der Waals surface area contributed by atoms with Crippen molar-refractivity contribution < 1.29 is 23.4 Å². The Hall–Kier alpha value is -3.45. The molecule has 0 spiro atoms. The first kappa shape index (κ1) is 22.7. The number of ketones is 1. The van der Waals surface area contributed by atoms with Crippen LogP contribution in [0.5, 0.6) is 17.2 Å². The minimum absolute atomic E-state index is 0.119. The number of ether oxygens (including phenoxy) is 3. The molecule has 174 valence electrons. The highest BCUT2D eigenvalue weighted by Crippen LogP contribution is 2.40. The van der Waals surface area contributed by atoms with Crippen LogP contribution in [-0.2, 0) is 0 Å². The summed E-state index contributed by atoms with van der Waals surface area (Å²) in [6, 6.07) is 13.5. The lowest BCUT2D eigenvalue weighted by molar-refractivity contribution is 0.103. The van der Waals surface area contributed by atoms with Crippen LogP contribution in [0.3, 0.4) is 0 Å². The van der Waals surface area contributed by atoms with Gasteiger partial charge < -0.3 is 28.4 Å². The molecule has 0 amide bonds. The van der Waals surface area contributed by atoms with E-state index in [-0.39, 0.29) is 5.78 Å². The molecular formula is C26H30N2O5. The van der Waals surface area contributed by atoms with Crippen molar-refractivity contribution in [1.29, 1.82) is 0 Å². The molecule has 1 atom stereocenters. The summed E-state index contributed by atoms with van der Waals surface area (Å²) in [5.74, 6) is 1.93. The van der Waals surface area contributed by atoms with E-state index < -0.39 is 0 Å². The van der Waals surface area contributed by atoms with E-state index in [2.05, 4.69) is 23.9 Å². The highest BCUT2D eigenvalue weighted by atomic mass is 16.5. The Kier molecular flexibility index (Phi) is 6.60. The third kappa shape index (κ3) is 4.41. The van der Waals surface area contributed by atoms with Crippen molar-refractivity contribution in [3.05, 3.63) is 59.9 Å². The van der Waals surface area contributed by atoms with E-state index in [1.54, 1.807) is 39.7 Å². The maximum atomic E-state index is 13.9. The lowest BCUT2D eigenvalue weighted by atomic mass is 9.97. The van der Waals surface area contributed by atoms with Crippen molar-refractivity contribution in [3.63, 3.8) is 0 Å². The summed E-state index contributed by atoms with van der Waals surface area (Å²) in [5.41, 5.74) is 2.83. The van der Waals surface area contributed by atoms with E-state index in [0.29, 0.717) is 40.2 Å². The highest BCUT2D eigenvalue weighted by molar-refractivity contribution is 6.13. The summed E-state index contributed by atoms with van der Waals surface area (Å²) in [7, 11) is 8.81. The number of nitrogens with zero attached hydrogens (tertiary/aromatic N) is 2. The van der Waals surface area contributed by atoms with E-state index in [0.717, 1.165) is 30.8 Å². The second kappa shape index (κ2) is 9.58. The smallest absolute Gasteiger partial charge is 0.203 e. The van der Waals surface area contributed by atoms with Crippen LogP contribution in [0.15, 0.2) is 53.1 Å². The molecule has 0 unspecified atom stereocenters. The minimum atomic E-state index is -0.119. The van der Waals surface area contributed by atoms with Gasteiger partial charge in [-0.1, -0.05) is 0 Å². The third-order valence-corrected chi connectivity index (χ3v) is 6.21. The SMILES string of the molecule is COc1cc(C(=O)c2cc(-c3ccco3)ccc2N2CC[C@@H](N(C)C)C2)cc(OC)c1OC. The van der Waals surface area contributed by atoms with E-state index in [9.17, 15) is 4.79 Å². The molecule has 0 aliphatic carbocycles. The van der Waals surface area contributed by atoms with E-state index in [1.165, 1.54) is 0 Å². The molecule has 2 heterocycles. The molecule has 0 saturated carbocycles. The Bertz CT molecular complexity index is 1100. The maximum absolute atomic E-state index is 13.9. The second-order valence-corrected chi connectivity index (χ2v) is 8.30. The molecule has 1 saturated heterocycles. The van der Waals surface area contributed by atoms with Gasteiger partial charge in [0.1, 0.15) is 5.76 Å². The van der Waals surface area contributed by atoms with E-state index >= 15 is 0 Å². The Balaban J connectivity index is 1.81. The summed E-state index contributed by atoms with van der Waals surface area (Å²) in [5, 5.41) is 0. The van der Waals surface area contributed by atoms with Gasteiger partial charge in [0.05, 0.1) is 27.6 Å². The minimum Gasteiger partial charge on any atom is -0.493 e. The predicted octanol–water partition coefficient (Wildman–Crippen LogP) is 4.34. The molecule has 7 nitrogen and oxygen atoms in total. The number of methoxy groups -OCH3 is 3. The molecule has 0 bridgehead atoms. The van der Waals surface area contributed by atoms with Crippen LogP contribution in [0.4, 0.5) is 5.69 Å². The second-order valence-electron chi connectivity index (χ2n) is 8.30. The lowest BCUT2D eigenvalue weighted by Gasteiger charge is -2.24. The van der Waals surface area contributed by atoms with Gasteiger partial charge in [0.25, 0.3) is 0 Å². The van der Waals surface area contributed by atoms with Gasteiger partial charge in [-0.25, -0.2) is 0 Å². The van der Waals surface area contributed by atoms with Crippen LogP contribution < -0.4 is 19.1 Å². The molecule has 1 aliphatic rings. The van der Waals surface area contributed by atoms with Gasteiger partial charge in [-0.05, 0) is 63.0 Å². The molecule has 0 radical (unpaired) electrons. The summed E-state index contributed by atoms with van der Waals surface area (Å²) >= 11 is 0. The Labute approximate surface area is 194 Å². The molecular weight excluding hydrogens is 420 g/mol. The van der Waals surface area contributed by atoms with Crippen molar-refractivity contribution in [2.75, 3.05) is 53.4 Å². The topological polar surface area (TPSA) is 64.4 Å². The van der Waals surface area contributed by atoms with Crippen molar-refractivity contribution >= 4 is 11.5 Å². The molecule has 33 heavy (non-hydrogen) atoms. The van der Waals surface area contributed by atoms with Gasteiger partial charge in [-0.3, -0.25) is 4.79 Å². The fourth-order valence-corrected chi connectivity index (χ4v) is 4.34. The molecule has 1 aromatic heterocycles. The summed E-state index contributed by atoms with van der Waals surface area (Å²) in [4.78, 5) is 18.4. The largest absolute Gasteiger partial charge is 0.493 e. The molecule has 4 rings (SSSR count). The molecule has 1 fully saturated rings. The van der Waals surface area contributed by atoms with Crippen LogP contribution in [0.1, 0.15) is 22.3 Å². The number of rotatable bonds is 8. The summed E-state index contributed by atoms with van der Waals surface area (Å²) < 4.78 is 21.9. The fraction of sp³-hybridized carbons (Fsp3) is 0.346. The summed E-state index contributed by atoms with van der Waals surface area (Å²) in [6.07, 6.45) is 2.68. The lowest BCUT2D eigenvalue weighted by Crippen LogP contribution is -2.32. The molecule has 2 aromatic carbocycles. The van der Waals surface area contributed by atoms with Crippen molar-refractivity contribution in [2.45, 2.75) is 12.5 Å². The predicted molar refractivity (Wildman–Crippen MR) is 128 cm³/mol. The number of benzene rings is 2. The Morgan fingerprint density at radius 2 is 1.76 bits per heavy atom. The van der Waals surface area contributed by atoms with Crippen molar-refractivity contribution in [2.24, 2.45) is 0 Å². The van der Waals surface area contributed by atoms with Crippen molar-refractivity contribution in [3.8, 4) is 28.6 Å². The number of hydrogen-bond acceptors (Lipinski definition) is 7. The first-order valence-electron chi connectivity index (χ1n) is 10.9.